The van der Waals surface area contributed by atoms with Crippen molar-refractivity contribution >= 4 is 52.4 Å². The molecule has 20 nitrogen and oxygen atoms in total. The molecule has 10 N–H and O–H groups in total. The minimum atomic E-state index is -1.51. The van der Waals surface area contributed by atoms with Crippen molar-refractivity contribution in [3.63, 3.8) is 0 Å². The second-order valence-corrected chi connectivity index (χ2v) is 15.8. The average Bonchev–Trinajstić information content (AvgIpc) is 3.89. The predicted octanol–water partition coefficient (Wildman–Crippen LogP) is 0.754. The van der Waals surface area contributed by atoms with Gasteiger partial charge in [0.1, 0.15) is 35.9 Å². The zero-order valence-corrected chi connectivity index (χ0v) is 35.7. The molecule has 0 radical (unpaired) electrons. The Labute approximate surface area is 365 Å². The van der Waals surface area contributed by atoms with Crippen LogP contribution in [0.1, 0.15) is 37.6 Å². The van der Waals surface area contributed by atoms with Crippen LogP contribution in [0.15, 0.2) is 101 Å². The maximum atomic E-state index is 14.1. The van der Waals surface area contributed by atoms with Gasteiger partial charge in [-0.15, -0.1) is 0 Å². The third-order valence-electron chi connectivity index (χ3n) is 10.2. The fraction of sp³-hybridized carbons (Fsp3) is 0.357. The zero-order chi connectivity index (χ0) is 45.8. The van der Waals surface area contributed by atoms with Crippen LogP contribution in [-0.4, -0.2) is 120 Å². The Hall–Kier alpha value is -6.84. The fourth-order valence-corrected chi connectivity index (χ4v) is 7.30. The molecule has 0 saturated heterocycles. The van der Waals surface area contributed by atoms with Gasteiger partial charge in [-0.2, -0.15) is 11.8 Å². The number of carbonyl (C=O) groups is 5. The molecule has 4 aromatic rings. The number of aromatic hydroxyl groups is 1. The molecule has 5 amide bonds. The van der Waals surface area contributed by atoms with Crippen molar-refractivity contribution in [3.05, 3.63) is 123 Å². The number of aliphatic hydroxyl groups excluding tert-OH is 1. The van der Waals surface area contributed by atoms with Gasteiger partial charge >= 0.3 is 17.7 Å². The minimum absolute atomic E-state index is 0.0289. The molecule has 63 heavy (non-hydrogen) atoms. The van der Waals surface area contributed by atoms with E-state index in [9.17, 15) is 48.9 Å². The summed E-state index contributed by atoms with van der Waals surface area (Å²) >= 11 is 1.38. The predicted molar refractivity (Wildman–Crippen MR) is 233 cm³/mol. The number of aromatic amines is 2. The first kappa shape index (κ1) is 47.2. The van der Waals surface area contributed by atoms with Gasteiger partial charge < -0.3 is 51.2 Å². The first-order chi connectivity index (χ1) is 30.0. The molecule has 336 valence electrons. The lowest BCUT2D eigenvalue weighted by Gasteiger charge is -2.35. The molecule has 0 saturated carbocycles. The van der Waals surface area contributed by atoms with Gasteiger partial charge in [-0.05, 0) is 80.2 Å². The van der Waals surface area contributed by atoms with Gasteiger partial charge in [-0.25, -0.2) is 14.4 Å². The summed E-state index contributed by atoms with van der Waals surface area (Å²) in [6.07, 6.45) is 6.76. The zero-order valence-electron chi connectivity index (χ0n) is 34.9. The van der Waals surface area contributed by atoms with Crippen molar-refractivity contribution in [1.82, 2.24) is 46.0 Å². The van der Waals surface area contributed by atoms with Crippen molar-refractivity contribution in [1.29, 1.82) is 0 Å². The number of amides is 5. The highest BCUT2D eigenvalue weighted by atomic mass is 32.2. The van der Waals surface area contributed by atoms with Crippen LogP contribution in [0.4, 0.5) is 4.79 Å². The van der Waals surface area contributed by atoms with E-state index in [2.05, 4.69) is 36.6 Å². The summed E-state index contributed by atoms with van der Waals surface area (Å²) in [4.78, 5) is 98.4. The van der Waals surface area contributed by atoms with E-state index in [-0.39, 0.29) is 30.8 Å². The van der Waals surface area contributed by atoms with E-state index in [1.165, 1.54) is 74.2 Å². The first-order valence-electron chi connectivity index (χ1n) is 19.8. The Kier molecular flexibility index (Phi) is 16.3. The van der Waals surface area contributed by atoms with Crippen LogP contribution >= 0.6 is 11.8 Å². The number of allylic oxidation sites excluding steroid dienone is 1. The van der Waals surface area contributed by atoms with Gasteiger partial charge in [0, 0.05) is 49.0 Å². The number of carboxylic acids is 1. The van der Waals surface area contributed by atoms with Crippen LogP contribution in [0.25, 0.3) is 10.9 Å². The highest BCUT2D eigenvalue weighted by molar-refractivity contribution is 7.98. The van der Waals surface area contributed by atoms with E-state index in [0.29, 0.717) is 16.9 Å². The molecule has 1 aliphatic heterocycles. The number of thioether (sulfide) groups is 1. The number of aromatic nitrogens is 3. The Morgan fingerprint density at radius 2 is 1.71 bits per heavy atom. The topological polar surface area (TPSA) is 289 Å². The second-order valence-electron chi connectivity index (χ2n) is 14.8. The number of rotatable bonds is 20. The lowest BCUT2D eigenvalue weighted by molar-refractivity contribution is -0.139. The Bertz CT molecular complexity index is 2460. The summed E-state index contributed by atoms with van der Waals surface area (Å²) < 4.78 is 6.87. The molecule has 1 aliphatic rings. The number of aliphatic hydroxyl groups is 1. The molecule has 21 heteroatoms. The number of fused-ring (bicyclic) bond motifs is 1. The molecular formula is C42H51N9O11S. The Balaban J connectivity index is 1.37. The van der Waals surface area contributed by atoms with Crippen molar-refractivity contribution < 1.29 is 44.0 Å². The number of ether oxygens (including phenoxy) is 1. The molecule has 5 rings (SSSR count). The lowest BCUT2D eigenvalue weighted by Crippen LogP contribution is -2.62. The van der Waals surface area contributed by atoms with Crippen LogP contribution in [0, 0.1) is 0 Å². The molecule has 0 spiro atoms. The molecule has 0 bridgehead atoms. The Morgan fingerprint density at radius 1 is 0.968 bits per heavy atom. The van der Waals surface area contributed by atoms with Gasteiger partial charge in [0.2, 0.25) is 17.7 Å². The summed E-state index contributed by atoms with van der Waals surface area (Å²) in [6.45, 7) is 2.93. The minimum Gasteiger partial charge on any atom is -0.508 e. The molecule has 2 aromatic carbocycles. The number of likely N-dealkylation sites (N-methyl/N-ethyl adjacent to an activating group) is 1. The number of hydrogen-bond acceptors (Lipinski definition) is 12. The van der Waals surface area contributed by atoms with Gasteiger partial charge in [-0.1, -0.05) is 30.3 Å². The maximum absolute atomic E-state index is 14.1. The number of H-pyrrole nitrogens is 2. The maximum Gasteiger partial charge on any atom is 0.331 e. The van der Waals surface area contributed by atoms with Crippen LogP contribution in [0.3, 0.4) is 0 Å². The van der Waals surface area contributed by atoms with Crippen molar-refractivity contribution in [2.45, 2.75) is 75.8 Å². The number of carboxylic acid groups (broad SMARTS) is 1. The summed E-state index contributed by atoms with van der Waals surface area (Å²) in [6, 6.07) is 7.38. The third-order valence-corrected chi connectivity index (χ3v) is 10.9. The van der Waals surface area contributed by atoms with Crippen LogP contribution < -0.4 is 37.8 Å². The summed E-state index contributed by atoms with van der Waals surface area (Å²) in [5, 5.41) is 44.2. The SMILES string of the molecule is CSCCC(NC(=O)NC(Cc1c[nH]c2ccccc12)C(=O)O)C(=O)NC(C(=O)NC=C1C=CC(n2ccc(=O)[nH]c2=O)O1)C(C)N(C)C(=O)C(Cc1cccc(O)c1)NC(C)O. The number of benzene rings is 2. The molecule has 2 aromatic heterocycles. The second kappa shape index (κ2) is 21.8. The number of nitrogens with zero attached hydrogens (tertiary/aromatic N) is 2. The molecule has 7 atom stereocenters. The average molecular weight is 890 g/mol. The van der Waals surface area contributed by atoms with Gasteiger partial charge in [-0.3, -0.25) is 34.0 Å². The molecule has 3 heterocycles. The molecule has 0 fully saturated rings. The highest BCUT2D eigenvalue weighted by Gasteiger charge is 2.36. The largest absolute Gasteiger partial charge is 0.508 e. The number of aliphatic carboxylic acids is 1. The lowest BCUT2D eigenvalue weighted by atomic mass is 10.0. The standard InChI is InChI=1S/C42H51N9O11S/c1-23(50(3)39(57)32(45-24(2)52)19-25-8-7-9-27(53)18-25)36(38(56)44-22-28-12-13-35(62-28)51-16-14-34(54)48-42(51)61)49-37(55)31(15-17-63-4)46-41(60)47-33(40(58)59)20-26-21-43-30-11-6-5-10-29(26)30/h5-14,16,18,21-24,31-33,35-36,43,45,52-53H,15,17,19-20H2,1-4H3,(H,44,56)(H,49,55)(H,58,59)(H2,46,47,60)(H,48,54,61). The van der Waals surface area contributed by atoms with Gasteiger partial charge in [0.25, 0.3) is 5.56 Å². The number of phenols is 1. The monoisotopic (exact) mass is 889 g/mol. The first-order valence-corrected chi connectivity index (χ1v) is 21.2. The van der Waals surface area contributed by atoms with E-state index in [0.717, 1.165) is 21.5 Å². The fourth-order valence-electron chi connectivity index (χ4n) is 6.83. The quantitative estimate of drug-likeness (QED) is 0.0550. The normalized spacial score (nSPS) is 16.8. The van der Waals surface area contributed by atoms with Crippen LogP contribution in [0.5, 0.6) is 5.75 Å². The van der Waals surface area contributed by atoms with E-state index < -0.39 is 83.6 Å². The van der Waals surface area contributed by atoms with E-state index in [1.54, 1.807) is 30.7 Å². The Morgan fingerprint density at radius 3 is 2.41 bits per heavy atom. The summed E-state index contributed by atoms with van der Waals surface area (Å²) in [5.74, 6) is -3.10. The van der Waals surface area contributed by atoms with E-state index in [4.69, 9.17) is 4.74 Å². The summed E-state index contributed by atoms with van der Waals surface area (Å²) in [5.41, 5.74) is 0.675. The number of carbonyl (C=O) groups excluding carboxylic acids is 4. The summed E-state index contributed by atoms with van der Waals surface area (Å²) in [7, 11) is 1.41. The number of nitrogens with one attached hydrogen (secondary N) is 7. The van der Waals surface area contributed by atoms with Gasteiger partial charge in [0.15, 0.2) is 6.23 Å². The molecular weight excluding hydrogens is 839 g/mol. The van der Waals surface area contributed by atoms with E-state index >= 15 is 0 Å². The highest BCUT2D eigenvalue weighted by Crippen LogP contribution is 2.22. The number of hydrogen-bond donors (Lipinski definition) is 10. The van der Waals surface area contributed by atoms with E-state index in [1.807, 2.05) is 18.2 Å². The number of para-hydroxylation sites is 1. The van der Waals surface area contributed by atoms with Crippen LogP contribution in [-0.2, 0) is 36.8 Å². The molecule has 7 unspecified atom stereocenters. The number of phenolic OH excluding ortho intramolecular Hbond substituents is 1. The van der Waals surface area contributed by atoms with Crippen LogP contribution in [0.2, 0.25) is 0 Å². The van der Waals surface area contributed by atoms with Crippen molar-refractivity contribution in [2.24, 2.45) is 0 Å². The van der Waals surface area contributed by atoms with Crippen molar-refractivity contribution in [3.8, 4) is 5.75 Å². The van der Waals surface area contributed by atoms with Crippen molar-refractivity contribution in [2.75, 3.05) is 19.1 Å². The smallest absolute Gasteiger partial charge is 0.331 e. The number of urea groups is 1. The van der Waals surface area contributed by atoms with Gasteiger partial charge in [0.05, 0.1) is 12.1 Å². The third kappa shape index (κ3) is 12.8. The molecule has 0 aliphatic carbocycles.